The Morgan fingerprint density at radius 2 is 2.22 bits per heavy atom. The van der Waals surface area contributed by atoms with E-state index in [2.05, 4.69) is 5.32 Å². The number of nitrogens with one attached hydrogen (secondary N) is 1. The molecule has 1 fully saturated rings. The Balaban J connectivity index is 1.61. The highest BCUT2D eigenvalue weighted by molar-refractivity contribution is 6.30. The van der Waals surface area contributed by atoms with Crippen molar-refractivity contribution >= 4 is 29.1 Å². The summed E-state index contributed by atoms with van der Waals surface area (Å²) in [6.07, 6.45) is 1.14. The molecular formula is C16H15ClN2O4. The van der Waals surface area contributed by atoms with Crippen LogP contribution in [0.5, 0.6) is 0 Å². The van der Waals surface area contributed by atoms with Crippen LogP contribution in [0.15, 0.2) is 47.1 Å². The fraction of sp³-hybridized carbons (Fsp3) is 0.250. The number of benzene rings is 1. The third kappa shape index (κ3) is 3.72. The number of rotatable bonds is 4. The third-order valence-corrected chi connectivity index (χ3v) is 3.72. The van der Waals surface area contributed by atoms with Crippen LogP contribution in [-0.2, 0) is 9.53 Å². The number of amides is 2. The summed E-state index contributed by atoms with van der Waals surface area (Å²) in [5, 5.41) is 3.29. The normalized spacial score (nSPS) is 18.0. The fourth-order valence-corrected chi connectivity index (χ4v) is 2.53. The summed E-state index contributed by atoms with van der Waals surface area (Å²) in [5.41, 5.74) is 0.716. The lowest BCUT2D eigenvalue weighted by molar-refractivity contribution is -0.129. The summed E-state index contributed by atoms with van der Waals surface area (Å²) in [7, 11) is 0. The van der Waals surface area contributed by atoms with Crippen LogP contribution >= 0.6 is 11.6 Å². The number of nitrogens with zero attached hydrogens (tertiary/aromatic N) is 1. The number of hydrogen-bond acceptors (Lipinski definition) is 4. The van der Waals surface area contributed by atoms with E-state index in [4.69, 9.17) is 20.8 Å². The molecule has 0 bridgehead atoms. The zero-order chi connectivity index (χ0) is 16.2. The van der Waals surface area contributed by atoms with Crippen molar-refractivity contribution in [3.05, 3.63) is 53.4 Å². The number of hydrogen-bond donors (Lipinski definition) is 1. The number of halogens is 1. The summed E-state index contributed by atoms with van der Waals surface area (Å²) >= 11 is 5.97. The van der Waals surface area contributed by atoms with E-state index < -0.39 is 0 Å². The predicted molar refractivity (Wildman–Crippen MR) is 84.6 cm³/mol. The van der Waals surface area contributed by atoms with Gasteiger partial charge in [-0.25, -0.2) is 0 Å². The van der Waals surface area contributed by atoms with Crippen molar-refractivity contribution in [2.24, 2.45) is 0 Å². The summed E-state index contributed by atoms with van der Waals surface area (Å²) in [6, 6.07) is 10.3. The van der Waals surface area contributed by atoms with Crippen LogP contribution in [0.3, 0.4) is 0 Å². The summed E-state index contributed by atoms with van der Waals surface area (Å²) in [4.78, 5) is 25.5. The van der Waals surface area contributed by atoms with E-state index >= 15 is 0 Å². The van der Waals surface area contributed by atoms with Gasteiger partial charge in [0.2, 0.25) is 0 Å². The average Bonchev–Trinajstić information content (AvgIpc) is 3.08. The maximum Gasteiger partial charge on any atom is 0.287 e. The molecule has 1 atom stereocenters. The molecule has 1 aliphatic heterocycles. The van der Waals surface area contributed by atoms with Crippen LogP contribution in [0.25, 0.3) is 0 Å². The molecule has 1 unspecified atom stereocenters. The molecule has 6 nitrogen and oxygen atoms in total. The van der Waals surface area contributed by atoms with Gasteiger partial charge in [0.1, 0.15) is 6.61 Å². The van der Waals surface area contributed by atoms with Gasteiger partial charge in [0.15, 0.2) is 5.76 Å². The fourth-order valence-electron chi connectivity index (χ4n) is 2.34. The summed E-state index contributed by atoms with van der Waals surface area (Å²) in [6.45, 7) is 0.593. The molecule has 0 saturated carbocycles. The largest absolute Gasteiger partial charge is 0.459 e. The molecule has 1 N–H and O–H groups in total. The Kier molecular flexibility index (Phi) is 4.64. The van der Waals surface area contributed by atoms with Gasteiger partial charge in [0.05, 0.1) is 18.9 Å². The third-order valence-electron chi connectivity index (χ3n) is 3.48. The molecule has 1 aromatic heterocycles. The van der Waals surface area contributed by atoms with Gasteiger partial charge < -0.3 is 19.4 Å². The molecule has 23 heavy (non-hydrogen) atoms. The van der Waals surface area contributed by atoms with Gasteiger partial charge in [-0.1, -0.05) is 17.7 Å². The standard InChI is InChI=1S/C16H15ClN2O4/c17-11-3-1-4-12(7-11)19-9-13(23-10-15(19)20)8-18-16(21)14-5-2-6-22-14/h1-7,13H,8-10H2,(H,18,21). The second-order valence-corrected chi connectivity index (χ2v) is 5.54. The van der Waals surface area contributed by atoms with Gasteiger partial charge >= 0.3 is 0 Å². The van der Waals surface area contributed by atoms with Crippen LogP contribution in [0.2, 0.25) is 5.02 Å². The number of anilines is 1. The molecule has 7 heteroatoms. The van der Waals surface area contributed by atoms with Crippen molar-refractivity contribution in [2.45, 2.75) is 6.10 Å². The van der Waals surface area contributed by atoms with E-state index in [1.807, 2.05) is 6.07 Å². The highest BCUT2D eigenvalue weighted by Crippen LogP contribution is 2.22. The first-order valence-electron chi connectivity index (χ1n) is 7.13. The molecule has 3 rings (SSSR count). The molecule has 2 amide bonds. The van der Waals surface area contributed by atoms with Gasteiger partial charge in [0, 0.05) is 17.3 Å². The Labute approximate surface area is 138 Å². The molecule has 1 aliphatic rings. The van der Waals surface area contributed by atoms with Gasteiger partial charge in [0.25, 0.3) is 11.8 Å². The van der Waals surface area contributed by atoms with Crippen molar-refractivity contribution in [1.29, 1.82) is 0 Å². The number of carbonyl (C=O) groups excluding carboxylic acids is 2. The van der Waals surface area contributed by atoms with Crippen LogP contribution in [-0.4, -0.2) is 37.6 Å². The first-order chi connectivity index (χ1) is 11.1. The molecular weight excluding hydrogens is 320 g/mol. The zero-order valence-electron chi connectivity index (χ0n) is 12.2. The second-order valence-electron chi connectivity index (χ2n) is 5.10. The predicted octanol–water partition coefficient (Wildman–Crippen LogP) is 2.09. The monoisotopic (exact) mass is 334 g/mol. The molecule has 2 aromatic rings. The SMILES string of the molecule is O=C(NCC1CN(c2cccc(Cl)c2)C(=O)CO1)c1ccco1. The molecule has 0 spiro atoms. The van der Waals surface area contributed by atoms with E-state index in [0.717, 1.165) is 0 Å². The minimum Gasteiger partial charge on any atom is -0.459 e. The van der Waals surface area contributed by atoms with Crippen molar-refractivity contribution in [1.82, 2.24) is 5.32 Å². The Morgan fingerprint density at radius 3 is 2.96 bits per heavy atom. The maximum atomic E-state index is 12.0. The van der Waals surface area contributed by atoms with E-state index in [0.29, 0.717) is 17.3 Å². The first kappa shape index (κ1) is 15.6. The van der Waals surface area contributed by atoms with E-state index in [-0.39, 0.29) is 36.8 Å². The van der Waals surface area contributed by atoms with Crippen molar-refractivity contribution in [2.75, 3.05) is 24.6 Å². The molecule has 0 radical (unpaired) electrons. The Bertz CT molecular complexity index is 702. The lowest BCUT2D eigenvalue weighted by atomic mass is 10.2. The Hall–Kier alpha value is -2.31. The smallest absolute Gasteiger partial charge is 0.287 e. The Morgan fingerprint density at radius 1 is 1.35 bits per heavy atom. The van der Waals surface area contributed by atoms with Gasteiger partial charge in [-0.3, -0.25) is 9.59 Å². The topological polar surface area (TPSA) is 71.8 Å². The average molecular weight is 335 g/mol. The van der Waals surface area contributed by atoms with E-state index in [1.165, 1.54) is 6.26 Å². The second kappa shape index (κ2) is 6.85. The molecule has 2 heterocycles. The molecule has 0 aliphatic carbocycles. The van der Waals surface area contributed by atoms with E-state index in [1.54, 1.807) is 35.2 Å². The minimum atomic E-state index is -0.315. The van der Waals surface area contributed by atoms with Gasteiger partial charge in [-0.05, 0) is 30.3 Å². The zero-order valence-corrected chi connectivity index (χ0v) is 13.0. The molecule has 1 aromatic carbocycles. The van der Waals surface area contributed by atoms with Crippen LogP contribution in [0, 0.1) is 0 Å². The quantitative estimate of drug-likeness (QED) is 0.929. The van der Waals surface area contributed by atoms with Crippen molar-refractivity contribution in [3.63, 3.8) is 0 Å². The van der Waals surface area contributed by atoms with E-state index in [9.17, 15) is 9.59 Å². The van der Waals surface area contributed by atoms with Crippen molar-refractivity contribution in [3.8, 4) is 0 Å². The summed E-state index contributed by atoms with van der Waals surface area (Å²) in [5.74, 6) is -0.214. The molecule has 1 saturated heterocycles. The lowest BCUT2D eigenvalue weighted by Crippen LogP contribution is -2.50. The highest BCUT2D eigenvalue weighted by Gasteiger charge is 2.28. The molecule has 120 valence electrons. The van der Waals surface area contributed by atoms with Crippen LogP contribution in [0.1, 0.15) is 10.6 Å². The number of carbonyl (C=O) groups is 2. The van der Waals surface area contributed by atoms with Crippen molar-refractivity contribution < 1.29 is 18.7 Å². The number of ether oxygens (including phenoxy) is 1. The first-order valence-corrected chi connectivity index (χ1v) is 7.50. The van der Waals surface area contributed by atoms with Gasteiger partial charge in [-0.2, -0.15) is 0 Å². The summed E-state index contributed by atoms with van der Waals surface area (Å²) < 4.78 is 10.5. The maximum absolute atomic E-state index is 12.0. The highest BCUT2D eigenvalue weighted by atomic mass is 35.5. The van der Waals surface area contributed by atoms with Gasteiger partial charge in [-0.15, -0.1) is 0 Å². The van der Waals surface area contributed by atoms with Crippen LogP contribution in [0.4, 0.5) is 5.69 Å². The number of furan rings is 1. The van der Waals surface area contributed by atoms with Crippen LogP contribution < -0.4 is 10.2 Å². The lowest BCUT2D eigenvalue weighted by Gasteiger charge is -2.32. The minimum absolute atomic E-state index is 0.0339. The number of morpholine rings is 1.